The van der Waals surface area contributed by atoms with Gasteiger partial charge < -0.3 is 14.7 Å². The first-order valence-electron chi connectivity index (χ1n) is 10.7. The van der Waals surface area contributed by atoms with Gasteiger partial charge in [0.1, 0.15) is 17.6 Å². The zero-order chi connectivity index (χ0) is 23.7. The monoisotopic (exact) mass is 462 g/mol. The molecule has 170 valence electrons. The number of carbonyl (C=O) groups is 2. The number of nitrogens with zero attached hydrogens (tertiary/aromatic N) is 2. The van der Waals surface area contributed by atoms with E-state index in [0.717, 1.165) is 21.8 Å². The van der Waals surface area contributed by atoms with Gasteiger partial charge in [0, 0.05) is 16.6 Å². The first-order valence-corrected chi connectivity index (χ1v) is 11.6. The molecule has 0 aliphatic carbocycles. The van der Waals surface area contributed by atoms with Crippen LogP contribution in [0.15, 0.2) is 59.6 Å². The number of aromatic nitrogens is 1. The van der Waals surface area contributed by atoms with E-state index in [1.54, 1.807) is 19.4 Å². The third-order valence-electron chi connectivity index (χ3n) is 5.86. The number of aryl methyl sites for hydroxylation is 1. The molecule has 1 N–H and O–H groups in total. The first kappa shape index (κ1) is 22.7. The Morgan fingerprint density at radius 3 is 2.61 bits per heavy atom. The van der Waals surface area contributed by atoms with Crippen molar-refractivity contribution in [2.45, 2.75) is 39.3 Å². The van der Waals surface area contributed by atoms with Gasteiger partial charge in [-0.05, 0) is 59.7 Å². The van der Waals surface area contributed by atoms with Gasteiger partial charge in [0.15, 0.2) is 0 Å². The van der Waals surface area contributed by atoms with Crippen LogP contribution in [0.3, 0.4) is 0 Å². The Kier molecular flexibility index (Phi) is 6.33. The standard InChI is InChI=1S/C26H26N2O4S/c1-15(2)18-13-19(16(3)12-20(18)32-4)24(29)22-23(21-9-7-11-33-21)28(26(31)25(22)30)14-17-8-5-6-10-27-17/h5-13,15,23,29H,14H2,1-4H3/b24-22+. The lowest BCUT2D eigenvalue weighted by Gasteiger charge is -2.24. The fourth-order valence-corrected chi connectivity index (χ4v) is 5.02. The van der Waals surface area contributed by atoms with E-state index in [1.165, 1.54) is 16.2 Å². The van der Waals surface area contributed by atoms with Gasteiger partial charge in [-0.1, -0.05) is 26.0 Å². The van der Waals surface area contributed by atoms with Crippen molar-refractivity contribution in [3.05, 3.63) is 86.9 Å². The van der Waals surface area contributed by atoms with E-state index in [9.17, 15) is 14.7 Å². The molecule has 0 radical (unpaired) electrons. The van der Waals surface area contributed by atoms with Crippen molar-refractivity contribution in [3.8, 4) is 5.75 Å². The molecule has 1 aliphatic heterocycles. The Balaban J connectivity index is 1.88. The summed E-state index contributed by atoms with van der Waals surface area (Å²) in [6.45, 7) is 6.10. The maximum Gasteiger partial charge on any atom is 0.296 e. The van der Waals surface area contributed by atoms with Crippen molar-refractivity contribution in [3.63, 3.8) is 0 Å². The van der Waals surface area contributed by atoms with Crippen molar-refractivity contribution in [2.24, 2.45) is 0 Å². The minimum Gasteiger partial charge on any atom is -0.507 e. The van der Waals surface area contributed by atoms with Gasteiger partial charge >= 0.3 is 0 Å². The summed E-state index contributed by atoms with van der Waals surface area (Å²) in [6, 6.07) is 12.2. The lowest BCUT2D eigenvalue weighted by molar-refractivity contribution is -0.140. The van der Waals surface area contributed by atoms with E-state index >= 15 is 0 Å². The summed E-state index contributed by atoms with van der Waals surface area (Å²) in [5, 5.41) is 13.3. The average Bonchev–Trinajstić information content (AvgIpc) is 3.41. The number of aliphatic hydroxyl groups excluding tert-OH is 1. The Morgan fingerprint density at radius 2 is 2.00 bits per heavy atom. The van der Waals surface area contributed by atoms with Crippen LogP contribution in [-0.2, 0) is 16.1 Å². The third-order valence-corrected chi connectivity index (χ3v) is 6.79. The molecule has 7 heteroatoms. The van der Waals surface area contributed by atoms with E-state index in [4.69, 9.17) is 4.74 Å². The Bertz CT molecular complexity index is 1220. The molecule has 1 fully saturated rings. The molecule has 6 nitrogen and oxygen atoms in total. The van der Waals surface area contributed by atoms with Crippen LogP contribution < -0.4 is 4.74 Å². The van der Waals surface area contributed by atoms with Crippen LogP contribution in [0.25, 0.3) is 5.76 Å². The topological polar surface area (TPSA) is 79.7 Å². The van der Waals surface area contributed by atoms with E-state index in [-0.39, 0.29) is 23.8 Å². The minimum absolute atomic E-state index is 0.0985. The number of Topliss-reactive ketones (excluding diaryl/α,β-unsaturated/α-hetero) is 1. The number of likely N-dealkylation sites (tertiary alicyclic amines) is 1. The molecule has 1 unspecified atom stereocenters. The van der Waals surface area contributed by atoms with E-state index in [1.807, 2.05) is 62.5 Å². The molecule has 1 atom stereocenters. The van der Waals surface area contributed by atoms with Crippen LogP contribution in [0.5, 0.6) is 5.75 Å². The maximum absolute atomic E-state index is 13.2. The van der Waals surface area contributed by atoms with Crippen LogP contribution in [-0.4, -0.2) is 33.8 Å². The molecule has 4 rings (SSSR count). The fourth-order valence-electron chi connectivity index (χ4n) is 4.18. The molecule has 0 spiro atoms. The Morgan fingerprint density at radius 1 is 1.21 bits per heavy atom. The predicted octanol–water partition coefficient (Wildman–Crippen LogP) is 5.21. The number of ether oxygens (including phenoxy) is 1. The lowest BCUT2D eigenvalue weighted by atomic mass is 9.92. The molecule has 1 aliphatic rings. The summed E-state index contributed by atoms with van der Waals surface area (Å²) < 4.78 is 5.52. The van der Waals surface area contributed by atoms with Crippen molar-refractivity contribution in [1.82, 2.24) is 9.88 Å². The first-order chi connectivity index (χ1) is 15.8. The molecule has 1 saturated heterocycles. The van der Waals surface area contributed by atoms with Gasteiger partial charge in [0.2, 0.25) is 0 Å². The predicted molar refractivity (Wildman–Crippen MR) is 128 cm³/mol. The average molecular weight is 463 g/mol. The number of ketones is 1. The van der Waals surface area contributed by atoms with Gasteiger partial charge in [-0.15, -0.1) is 11.3 Å². The van der Waals surface area contributed by atoms with Crippen molar-refractivity contribution < 1.29 is 19.4 Å². The summed E-state index contributed by atoms with van der Waals surface area (Å²) in [5.41, 5.74) is 2.97. The number of benzene rings is 1. The maximum atomic E-state index is 13.2. The van der Waals surface area contributed by atoms with Crippen LogP contribution in [0.4, 0.5) is 0 Å². The molecule has 3 aromatic rings. The minimum atomic E-state index is -0.692. The summed E-state index contributed by atoms with van der Waals surface area (Å²) in [7, 11) is 1.61. The second-order valence-electron chi connectivity index (χ2n) is 8.33. The van der Waals surface area contributed by atoms with Gasteiger partial charge in [-0.2, -0.15) is 0 Å². The number of pyridine rings is 1. The highest BCUT2D eigenvalue weighted by Crippen LogP contribution is 2.43. The summed E-state index contributed by atoms with van der Waals surface area (Å²) in [4.78, 5) is 33.0. The molecule has 1 aromatic carbocycles. The van der Waals surface area contributed by atoms with Crippen LogP contribution in [0.2, 0.25) is 0 Å². The molecule has 3 heterocycles. The fraction of sp³-hybridized carbons (Fsp3) is 0.269. The number of thiophene rings is 1. The summed E-state index contributed by atoms with van der Waals surface area (Å²) >= 11 is 1.44. The van der Waals surface area contributed by atoms with Crippen molar-refractivity contribution >= 4 is 28.8 Å². The van der Waals surface area contributed by atoms with Gasteiger partial charge in [-0.25, -0.2) is 0 Å². The highest BCUT2D eigenvalue weighted by molar-refractivity contribution is 7.10. The van der Waals surface area contributed by atoms with Crippen LogP contribution >= 0.6 is 11.3 Å². The SMILES string of the molecule is COc1cc(C)c(/C(O)=C2\C(=O)C(=O)N(Cc3ccccn3)C2c2cccs2)cc1C(C)C. The second-order valence-corrected chi connectivity index (χ2v) is 9.31. The van der Waals surface area contributed by atoms with E-state index in [2.05, 4.69) is 4.98 Å². The van der Waals surface area contributed by atoms with E-state index < -0.39 is 17.7 Å². The zero-order valence-corrected chi connectivity index (χ0v) is 19.8. The zero-order valence-electron chi connectivity index (χ0n) is 19.0. The number of carbonyl (C=O) groups excluding carboxylic acids is 2. The Hall–Kier alpha value is -3.45. The van der Waals surface area contributed by atoms with E-state index in [0.29, 0.717) is 11.3 Å². The smallest absolute Gasteiger partial charge is 0.296 e. The highest BCUT2D eigenvalue weighted by Gasteiger charge is 2.46. The number of hydrogen-bond acceptors (Lipinski definition) is 6. The van der Waals surface area contributed by atoms with Crippen LogP contribution in [0, 0.1) is 6.92 Å². The second kappa shape index (κ2) is 9.19. The number of methoxy groups -OCH3 is 1. The largest absolute Gasteiger partial charge is 0.507 e. The number of amides is 1. The quantitative estimate of drug-likeness (QED) is 0.309. The molecule has 0 saturated carbocycles. The number of aliphatic hydroxyl groups is 1. The number of rotatable bonds is 6. The lowest BCUT2D eigenvalue weighted by Crippen LogP contribution is -2.29. The number of hydrogen-bond donors (Lipinski definition) is 1. The third kappa shape index (κ3) is 4.16. The summed E-state index contributed by atoms with van der Waals surface area (Å²) in [6.07, 6.45) is 1.65. The van der Waals surface area contributed by atoms with Crippen molar-refractivity contribution in [2.75, 3.05) is 7.11 Å². The molecule has 2 aromatic heterocycles. The highest BCUT2D eigenvalue weighted by atomic mass is 32.1. The Labute approximate surface area is 197 Å². The van der Waals surface area contributed by atoms with Crippen LogP contribution in [0.1, 0.15) is 53.1 Å². The molecule has 1 amide bonds. The van der Waals surface area contributed by atoms with Gasteiger partial charge in [0.25, 0.3) is 11.7 Å². The normalized spacial score (nSPS) is 17.7. The van der Waals surface area contributed by atoms with Gasteiger partial charge in [-0.3, -0.25) is 14.6 Å². The summed E-state index contributed by atoms with van der Waals surface area (Å²) in [5.74, 6) is -0.632. The van der Waals surface area contributed by atoms with Crippen molar-refractivity contribution in [1.29, 1.82) is 0 Å². The molecule has 33 heavy (non-hydrogen) atoms. The molecule has 0 bridgehead atoms. The molecular formula is C26H26N2O4S. The molecular weight excluding hydrogens is 436 g/mol. The van der Waals surface area contributed by atoms with Gasteiger partial charge in [0.05, 0.1) is 24.9 Å².